The van der Waals surface area contributed by atoms with Crippen molar-refractivity contribution >= 4 is 11.6 Å². The van der Waals surface area contributed by atoms with Crippen LogP contribution in [0.15, 0.2) is 30.7 Å². The first kappa shape index (κ1) is 15.6. The SMILES string of the molecule is C#Cc1ccc(C(O)(Cn2cncc2C#N)C2(C)CC2)c(Cl)c1. The number of terminal acetylenes is 1. The maximum Gasteiger partial charge on any atom is 0.140 e. The lowest BCUT2D eigenvalue weighted by molar-refractivity contribution is -0.0468. The molecule has 1 atom stereocenters. The largest absolute Gasteiger partial charge is 0.383 e. The van der Waals surface area contributed by atoms with Gasteiger partial charge in [0.2, 0.25) is 0 Å². The van der Waals surface area contributed by atoms with E-state index in [2.05, 4.69) is 17.0 Å². The fourth-order valence-electron chi connectivity index (χ4n) is 2.93. The molecule has 0 spiro atoms. The topological polar surface area (TPSA) is 61.8 Å². The Morgan fingerprint density at radius 1 is 1.52 bits per heavy atom. The molecule has 1 aliphatic rings. The molecule has 0 radical (unpaired) electrons. The summed E-state index contributed by atoms with van der Waals surface area (Å²) in [4.78, 5) is 3.99. The quantitative estimate of drug-likeness (QED) is 0.879. The predicted octanol–water partition coefficient (Wildman–Crippen LogP) is 3.08. The van der Waals surface area contributed by atoms with Gasteiger partial charge < -0.3 is 9.67 Å². The van der Waals surface area contributed by atoms with Gasteiger partial charge in [-0.2, -0.15) is 5.26 Å². The van der Waals surface area contributed by atoms with Crippen LogP contribution in [-0.2, 0) is 12.1 Å². The van der Waals surface area contributed by atoms with Gasteiger partial charge >= 0.3 is 0 Å². The summed E-state index contributed by atoms with van der Waals surface area (Å²) in [5.41, 5.74) is 0.233. The van der Waals surface area contributed by atoms with Crippen LogP contribution in [0.25, 0.3) is 0 Å². The summed E-state index contributed by atoms with van der Waals surface area (Å²) in [7, 11) is 0. The number of aliphatic hydroxyl groups is 1. The summed E-state index contributed by atoms with van der Waals surface area (Å²) in [6, 6.07) is 7.33. The lowest BCUT2D eigenvalue weighted by Gasteiger charge is -2.36. The first-order valence-electron chi connectivity index (χ1n) is 7.33. The Morgan fingerprint density at radius 2 is 2.26 bits per heavy atom. The fourth-order valence-corrected chi connectivity index (χ4v) is 3.27. The molecule has 1 N–H and O–H groups in total. The van der Waals surface area contributed by atoms with Gasteiger partial charge in [0.15, 0.2) is 0 Å². The number of benzene rings is 1. The van der Waals surface area contributed by atoms with E-state index in [0.717, 1.165) is 12.8 Å². The van der Waals surface area contributed by atoms with E-state index >= 15 is 0 Å². The molecule has 1 aromatic heterocycles. The van der Waals surface area contributed by atoms with Crippen molar-refractivity contribution < 1.29 is 5.11 Å². The number of rotatable bonds is 4. The highest BCUT2D eigenvalue weighted by Crippen LogP contribution is 2.59. The van der Waals surface area contributed by atoms with E-state index in [1.807, 2.05) is 6.92 Å². The number of aromatic nitrogens is 2. The number of nitrogens with zero attached hydrogens (tertiary/aromatic N) is 3. The van der Waals surface area contributed by atoms with Gasteiger partial charge in [-0.05, 0) is 25.0 Å². The van der Waals surface area contributed by atoms with Gasteiger partial charge in [-0.25, -0.2) is 4.98 Å². The van der Waals surface area contributed by atoms with Gasteiger partial charge in [-0.3, -0.25) is 0 Å². The van der Waals surface area contributed by atoms with E-state index in [9.17, 15) is 10.4 Å². The Bertz CT molecular complexity index is 839. The Labute approximate surface area is 140 Å². The Kier molecular flexibility index (Phi) is 3.68. The van der Waals surface area contributed by atoms with E-state index in [1.165, 1.54) is 6.20 Å². The Balaban J connectivity index is 2.09. The van der Waals surface area contributed by atoms with Gasteiger partial charge in [-0.1, -0.05) is 30.5 Å². The van der Waals surface area contributed by atoms with Crippen molar-refractivity contribution in [3.05, 3.63) is 52.6 Å². The summed E-state index contributed by atoms with van der Waals surface area (Å²) in [5.74, 6) is 2.54. The standard InChI is InChI=1S/C18H16ClN3O/c1-3-13-4-5-15(16(19)8-13)18(23,17(2)6-7-17)11-22-12-21-10-14(22)9-20/h1,4-5,8,10,12,23H,6-7,11H2,2H3. The van der Waals surface area contributed by atoms with Gasteiger partial charge in [-0.15, -0.1) is 6.42 Å². The van der Waals surface area contributed by atoms with Crippen molar-refractivity contribution in [2.45, 2.75) is 31.9 Å². The van der Waals surface area contributed by atoms with E-state index in [-0.39, 0.29) is 12.0 Å². The molecule has 2 aromatic rings. The van der Waals surface area contributed by atoms with Crippen molar-refractivity contribution in [3.8, 4) is 18.4 Å². The smallest absolute Gasteiger partial charge is 0.140 e. The zero-order chi connectivity index (χ0) is 16.7. The fraction of sp³-hybridized carbons (Fsp3) is 0.333. The zero-order valence-electron chi connectivity index (χ0n) is 12.8. The van der Waals surface area contributed by atoms with E-state index < -0.39 is 5.60 Å². The van der Waals surface area contributed by atoms with Gasteiger partial charge in [0.25, 0.3) is 0 Å². The molecular weight excluding hydrogens is 310 g/mol. The molecule has 0 amide bonds. The highest BCUT2D eigenvalue weighted by molar-refractivity contribution is 6.31. The van der Waals surface area contributed by atoms with E-state index in [0.29, 0.717) is 21.8 Å². The highest BCUT2D eigenvalue weighted by Gasteiger charge is 2.56. The van der Waals surface area contributed by atoms with Crippen molar-refractivity contribution in [1.29, 1.82) is 5.26 Å². The van der Waals surface area contributed by atoms with Gasteiger partial charge in [0, 0.05) is 21.6 Å². The molecule has 4 nitrogen and oxygen atoms in total. The first-order valence-corrected chi connectivity index (χ1v) is 7.70. The van der Waals surface area contributed by atoms with E-state index in [4.69, 9.17) is 18.0 Å². The molecule has 23 heavy (non-hydrogen) atoms. The minimum absolute atomic E-state index is 0.224. The zero-order valence-corrected chi connectivity index (χ0v) is 13.5. The van der Waals surface area contributed by atoms with Crippen LogP contribution in [0.1, 0.15) is 36.6 Å². The lowest BCUT2D eigenvalue weighted by Crippen LogP contribution is -2.40. The molecule has 3 rings (SSSR count). The number of halogens is 1. The molecule has 1 heterocycles. The molecule has 1 unspecified atom stereocenters. The van der Waals surface area contributed by atoms with E-state index in [1.54, 1.807) is 29.1 Å². The number of nitriles is 1. The summed E-state index contributed by atoms with van der Waals surface area (Å²) < 4.78 is 1.66. The van der Waals surface area contributed by atoms with Crippen LogP contribution in [-0.4, -0.2) is 14.7 Å². The van der Waals surface area contributed by atoms with Crippen molar-refractivity contribution in [2.75, 3.05) is 0 Å². The van der Waals surface area contributed by atoms with Gasteiger partial charge in [0.05, 0.1) is 19.1 Å². The second-order valence-electron chi connectivity index (χ2n) is 6.28. The molecule has 5 heteroatoms. The molecule has 1 aromatic carbocycles. The number of imidazole rings is 1. The van der Waals surface area contributed by atoms with Crippen molar-refractivity contribution in [2.24, 2.45) is 5.41 Å². The molecule has 116 valence electrons. The molecule has 0 aliphatic heterocycles. The van der Waals surface area contributed by atoms with Crippen LogP contribution in [0.4, 0.5) is 0 Å². The summed E-state index contributed by atoms with van der Waals surface area (Å²) in [5, 5.41) is 21.1. The van der Waals surface area contributed by atoms with Crippen LogP contribution in [0.2, 0.25) is 5.02 Å². The van der Waals surface area contributed by atoms with Crippen LogP contribution < -0.4 is 0 Å². The average Bonchev–Trinajstić information content (AvgIpc) is 3.14. The lowest BCUT2D eigenvalue weighted by atomic mass is 9.79. The van der Waals surface area contributed by atoms with Crippen LogP contribution in [0.5, 0.6) is 0 Å². The Hall–Kier alpha value is -2.27. The average molecular weight is 326 g/mol. The molecule has 0 saturated heterocycles. The van der Waals surface area contributed by atoms with Crippen LogP contribution >= 0.6 is 11.6 Å². The van der Waals surface area contributed by atoms with Gasteiger partial charge in [0.1, 0.15) is 17.4 Å². The van der Waals surface area contributed by atoms with Crippen molar-refractivity contribution in [1.82, 2.24) is 9.55 Å². The highest BCUT2D eigenvalue weighted by atomic mass is 35.5. The molecule has 1 saturated carbocycles. The minimum atomic E-state index is -1.19. The summed E-state index contributed by atoms with van der Waals surface area (Å²) >= 11 is 6.39. The molecule has 1 aliphatic carbocycles. The summed E-state index contributed by atoms with van der Waals surface area (Å²) in [6.45, 7) is 2.25. The first-order chi connectivity index (χ1) is 10.9. The maximum absolute atomic E-state index is 11.5. The molecule has 1 fully saturated rings. The second kappa shape index (κ2) is 5.42. The normalized spacial score (nSPS) is 17.8. The third kappa shape index (κ3) is 2.51. The number of hydrogen-bond donors (Lipinski definition) is 1. The monoisotopic (exact) mass is 325 g/mol. The Morgan fingerprint density at radius 3 is 2.83 bits per heavy atom. The maximum atomic E-state index is 11.5. The van der Waals surface area contributed by atoms with Crippen LogP contribution in [0.3, 0.4) is 0 Å². The van der Waals surface area contributed by atoms with Crippen LogP contribution in [0, 0.1) is 29.1 Å². The molecule has 0 bridgehead atoms. The number of hydrogen-bond acceptors (Lipinski definition) is 3. The summed E-state index contributed by atoms with van der Waals surface area (Å²) in [6.07, 6.45) is 10.2. The van der Waals surface area contributed by atoms with Crippen molar-refractivity contribution in [3.63, 3.8) is 0 Å². The minimum Gasteiger partial charge on any atom is -0.383 e. The second-order valence-corrected chi connectivity index (χ2v) is 6.69. The third-order valence-corrected chi connectivity index (χ3v) is 5.12. The third-order valence-electron chi connectivity index (χ3n) is 4.81. The predicted molar refractivity (Wildman–Crippen MR) is 87.6 cm³/mol. The molecular formula is C18H16ClN3O.